The van der Waals surface area contributed by atoms with E-state index in [1.165, 1.54) is 19.3 Å². The van der Waals surface area contributed by atoms with Gasteiger partial charge < -0.3 is 15.1 Å². The second-order valence-electron chi connectivity index (χ2n) is 5.48. The van der Waals surface area contributed by atoms with Crippen LogP contribution in [0.15, 0.2) is 4.42 Å². The molecule has 1 aliphatic carbocycles. The molecule has 1 fully saturated rings. The van der Waals surface area contributed by atoms with E-state index in [1.807, 2.05) is 6.92 Å². The van der Waals surface area contributed by atoms with Crippen LogP contribution in [-0.4, -0.2) is 28.3 Å². The summed E-state index contributed by atoms with van der Waals surface area (Å²) in [5, 5.41) is 15.0. The van der Waals surface area contributed by atoms with Gasteiger partial charge in [-0.1, -0.05) is 13.3 Å². The summed E-state index contributed by atoms with van der Waals surface area (Å²) in [4.78, 5) is 0. The number of hydrogen-bond donors (Lipinski definition) is 2. The third kappa shape index (κ3) is 3.53. The van der Waals surface area contributed by atoms with Gasteiger partial charge in [0, 0.05) is 18.5 Å². The standard InChI is InChI=1S/C13H24N4O/c1-4-15-13(3)7-5-6-11(8-13)14-9-12-17-16-10(2)18-12/h11,14-15H,4-9H2,1-3H3/t11-,13?/m1/s1. The van der Waals surface area contributed by atoms with Crippen LogP contribution in [0.5, 0.6) is 0 Å². The molecule has 0 saturated heterocycles. The van der Waals surface area contributed by atoms with Crippen LogP contribution < -0.4 is 10.6 Å². The van der Waals surface area contributed by atoms with Crippen LogP contribution >= 0.6 is 0 Å². The van der Waals surface area contributed by atoms with Crippen LogP contribution in [0.4, 0.5) is 0 Å². The number of aryl methyl sites for hydroxylation is 1. The zero-order valence-electron chi connectivity index (χ0n) is 11.6. The molecule has 0 aliphatic heterocycles. The van der Waals surface area contributed by atoms with Gasteiger partial charge in [-0.3, -0.25) is 0 Å². The fraction of sp³-hybridized carbons (Fsp3) is 0.846. The van der Waals surface area contributed by atoms with Crippen molar-refractivity contribution in [2.75, 3.05) is 6.54 Å². The summed E-state index contributed by atoms with van der Waals surface area (Å²) < 4.78 is 5.37. The number of rotatable bonds is 5. The van der Waals surface area contributed by atoms with Crippen molar-refractivity contribution in [1.29, 1.82) is 0 Å². The van der Waals surface area contributed by atoms with Gasteiger partial charge in [0.25, 0.3) is 0 Å². The molecule has 0 spiro atoms. The Balaban J connectivity index is 1.82. The molecule has 1 unspecified atom stereocenters. The Morgan fingerprint density at radius 1 is 1.44 bits per heavy atom. The Hall–Kier alpha value is -0.940. The van der Waals surface area contributed by atoms with Crippen LogP contribution in [0.25, 0.3) is 0 Å². The summed E-state index contributed by atoms with van der Waals surface area (Å²) >= 11 is 0. The van der Waals surface area contributed by atoms with Gasteiger partial charge in [-0.15, -0.1) is 10.2 Å². The molecule has 1 saturated carbocycles. The van der Waals surface area contributed by atoms with Crippen molar-refractivity contribution in [2.24, 2.45) is 0 Å². The van der Waals surface area contributed by atoms with Crippen LogP contribution in [0, 0.1) is 6.92 Å². The van der Waals surface area contributed by atoms with Crippen molar-refractivity contribution in [1.82, 2.24) is 20.8 Å². The van der Waals surface area contributed by atoms with Gasteiger partial charge in [-0.25, -0.2) is 0 Å². The molecular weight excluding hydrogens is 228 g/mol. The highest BCUT2D eigenvalue weighted by molar-refractivity contribution is 4.93. The molecule has 5 nitrogen and oxygen atoms in total. The molecule has 0 radical (unpaired) electrons. The molecule has 5 heteroatoms. The molecule has 0 amide bonds. The summed E-state index contributed by atoms with van der Waals surface area (Å²) in [7, 11) is 0. The first-order chi connectivity index (χ1) is 8.61. The minimum absolute atomic E-state index is 0.273. The van der Waals surface area contributed by atoms with Gasteiger partial charge in [0.05, 0.1) is 6.54 Å². The van der Waals surface area contributed by atoms with Crippen LogP contribution in [0.2, 0.25) is 0 Å². The van der Waals surface area contributed by atoms with Gasteiger partial charge in [0.15, 0.2) is 0 Å². The molecule has 2 rings (SSSR count). The van der Waals surface area contributed by atoms with E-state index < -0.39 is 0 Å². The highest BCUT2D eigenvalue weighted by Gasteiger charge is 2.31. The van der Waals surface area contributed by atoms with E-state index in [1.54, 1.807) is 0 Å². The molecular formula is C13H24N4O. The monoisotopic (exact) mass is 252 g/mol. The van der Waals surface area contributed by atoms with Crippen LogP contribution in [0.3, 0.4) is 0 Å². The second-order valence-corrected chi connectivity index (χ2v) is 5.48. The van der Waals surface area contributed by atoms with E-state index in [9.17, 15) is 0 Å². The lowest BCUT2D eigenvalue weighted by Gasteiger charge is -2.39. The minimum atomic E-state index is 0.273. The van der Waals surface area contributed by atoms with Gasteiger partial charge in [0.1, 0.15) is 0 Å². The summed E-state index contributed by atoms with van der Waals surface area (Å²) in [6.07, 6.45) is 4.92. The van der Waals surface area contributed by atoms with Gasteiger partial charge in [-0.05, 0) is 32.7 Å². The average Bonchev–Trinajstić information content (AvgIpc) is 2.73. The van der Waals surface area contributed by atoms with E-state index in [0.717, 1.165) is 13.0 Å². The van der Waals surface area contributed by atoms with Crippen molar-refractivity contribution >= 4 is 0 Å². The lowest BCUT2D eigenvalue weighted by atomic mass is 9.80. The molecule has 18 heavy (non-hydrogen) atoms. The van der Waals surface area contributed by atoms with Gasteiger partial charge in [-0.2, -0.15) is 0 Å². The lowest BCUT2D eigenvalue weighted by Crippen LogP contribution is -2.50. The first-order valence-corrected chi connectivity index (χ1v) is 6.89. The molecule has 2 atom stereocenters. The normalized spacial score (nSPS) is 28.5. The summed E-state index contributed by atoms with van der Waals surface area (Å²) in [6.45, 7) is 8.02. The highest BCUT2D eigenvalue weighted by atomic mass is 16.4. The lowest BCUT2D eigenvalue weighted by molar-refractivity contribution is 0.211. The van der Waals surface area contributed by atoms with E-state index in [-0.39, 0.29) is 5.54 Å². The van der Waals surface area contributed by atoms with Crippen molar-refractivity contribution in [3.8, 4) is 0 Å². The first kappa shape index (κ1) is 13.5. The van der Waals surface area contributed by atoms with E-state index in [2.05, 4.69) is 34.7 Å². The third-order valence-corrected chi connectivity index (χ3v) is 3.69. The predicted octanol–water partition coefficient (Wildman–Crippen LogP) is 1.78. The Labute approximate surface area is 109 Å². The fourth-order valence-electron chi connectivity index (χ4n) is 2.89. The Morgan fingerprint density at radius 3 is 2.94 bits per heavy atom. The summed E-state index contributed by atoms with van der Waals surface area (Å²) in [6, 6.07) is 0.537. The van der Waals surface area contributed by atoms with E-state index in [4.69, 9.17) is 4.42 Å². The van der Waals surface area contributed by atoms with Crippen molar-refractivity contribution in [3.63, 3.8) is 0 Å². The van der Waals surface area contributed by atoms with Crippen molar-refractivity contribution < 1.29 is 4.42 Å². The number of aromatic nitrogens is 2. The van der Waals surface area contributed by atoms with Crippen molar-refractivity contribution in [3.05, 3.63) is 11.8 Å². The highest BCUT2D eigenvalue weighted by Crippen LogP contribution is 2.28. The molecule has 1 aliphatic rings. The molecule has 2 N–H and O–H groups in total. The average molecular weight is 252 g/mol. The zero-order chi connectivity index (χ0) is 13.0. The number of nitrogens with zero attached hydrogens (tertiary/aromatic N) is 2. The maximum absolute atomic E-state index is 5.37. The Morgan fingerprint density at radius 2 is 2.28 bits per heavy atom. The smallest absolute Gasteiger partial charge is 0.230 e. The fourth-order valence-corrected chi connectivity index (χ4v) is 2.89. The molecule has 0 bridgehead atoms. The topological polar surface area (TPSA) is 63.0 Å². The molecule has 1 heterocycles. The molecule has 0 aromatic carbocycles. The SMILES string of the molecule is CCNC1(C)CCC[C@@H](NCc2nnc(C)o2)C1. The maximum atomic E-state index is 5.37. The van der Waals surface area contributed by atoms with Gasteiger partial charge in [0.2, 0.25) is 11.8 Å². The quantitative estimate of drug-likeness (QED) is 0.836. The molecule has 102 valence electrons. The minimum Gasteiger partial charge on any atom is -0.424 e. The predicted molar refractivity (Wildman–Crippen MR) is 70.2 cm³/mol. The zero-order valence-corrected chi connectivity index (χ0v) is 11.6. The van der Waals surface area contributed by atoms with E-state index >= 15 is 0 Å². The third-order valence-electron chi connectivity index (χ3n) is 3.69. The van der Waals surface area contributed by atoms with Crippen LogP contribution in [0.1, 0.15) is 51.3 Å². The number of hydrogen-bond acceptors (Lipinski definition) is 5. The molecule has 1 aromatic rings. The second kappa shape index (κ2) is 5.80. The summed E-state index contributed by atoms with van der Waals surface area (Å²) in [5.41, 5.74) is 0.273. The van der Waals surface area contributed by atoms with Crippen molar-refractivity contribution in [2.45, 2.75) is 64.6 Å². The first-order valence-electron chi connectivity index (χ1n) is 6.89. The van der Waals surface area contributed by atoms with Gasteiger partial charge >= 0.3 is 0 Å². The largest absolute Gasteiger partial charge is 0.424 e. The molecule has 1 aromatic heterocycles. The summed E-state index contributed by atoms with van der Waals surface area (Å²) in [5.74, 6) is 1.32. The number of nitrogens with one attached hydrogen (secondary N) is 2. The Kier molecular flexibility index (Phi) is 4.35. The Bertz CT molecular complexity index is 375. The maximum Gasteiger partial charge on any atom is 0.230 e. The van der Waals surface area contributed by atoms with E-state index in [0.29, 0.717) is 24.4 Å². The van der Waals surface area contributed by atoms with Crippen LogP contribution in [-0.2, 0) is 6.54 Å².